The fraction of sp³-hybridized carbons (Fsp3) is 0.481. The van der Waals surface area contributed by atoms with Crippen molar-refractivity contribution in [2.45, 2.75) is 43.6 Å². The van der Waals surface area contributed by atoms with Gasteiger partial charge in [-0.25, -0.2) is 9.59 Å². The first-order valence-corrected chi connectivity index (χ1v) is 12.9. The Bertz CT molecular complexity index is 1240. The van der Waals surface area contributed by atoms with Gasteiger partial charge in [0.1, 0.15) is 23.9 Å². The summed E-state index contributed by atoms with van der Waals surface area (Å²) in [4.78, 5) is 24.6. The van der Waals surface area contributed by atoms with E-state index in [-0.39, 0.29) is 31.1 Å². The van der Waals surface area contributed by atoms with Gasteiger partial charge in [-0.3, -0.25) is 0 Å². The lowest BCUT2D eigenvalue weighted by molar-refractivity contribution is -0.443. The third-order valence-corrected chi connectivity index (χ3v) is 5.90. The van der Waals surface area contributed by atoms with Crippen LogP contribution in [-0.4, -0.2) is 92.3 Å². The first-order valence-electron chi connectivity index (χ1n) is 12.9. The van der Waals surface area contributed by atoms with Gasteiger partial charge in [-0.2, -0.15) is 39.5 Å². The third-order valence-electron chi connectivity index (χ3n) is 5.90. The number of ether oxygens (including phenoxy) is 5. The van der Waals surface area contributed by atoms with Crippen LogP contribution in [0.5, 0.6) is 17.2 Å². The summed E-state index contributed by atoms with van der Waals surface area (Å²) in [6.07, 6.45) is -15.6. The lowest BCUT2D eigenvalue weighted by Gasteiger charge is -2.33. The average molecular weight is 666 g/mol. The summed E-state index contributed by atoms with van der Waals surface area (Å²) < 4.78 is 142. The molecule has 0 bridgehead atoms. The molecular weight excluding hydrogens is 637 g/mol. The van der Waals surface area contributed by atoms with E-state index >= 15 is 0 Å². The van der Waals surface area contributed by atoms with Crippen LogP contribution in [0.3, 0.4) is 0 Å². The Hall–Kier alpha value is -3.93. The number of halogens is 9. The van der Waals surface area contributed by atoms with Crippen LogP contribution < -0.4 is 14.2 Å². The van der Waals surface area contributed by atoms with Gasteiger partial charge in [-0.1, -0.05) is 12.1 Å². The number of carboxylic acid groups (broad SMARTS) is 1. The zero-order valence-corrected chi connectivity index (χ0v) is 23.6. The fourth-order valence-electron chi connectivity index (χ4n) is 3.47. The normalized spacial score (nSPS) is 13.2. The molecule has 2 aromatic carbocycles. The van der Waals surface area contributed by atoms with E-state index in [9.17, 15) is 54.2 Å². The molecule has 0 saturated heterocycles. The molecule has 0 aliphatic rings. The van der Waals surface area contributed by atoms with Crippen LogP contribution in [0.4, 0.5) is 44.3 Å². The van der Waals surface area contributed by atoms with Crippen LogP contribution in [0.25, 0.3) is 0 Å². The monoisotopic (exact) mass is 665 g/mol. The zero-order chi connectivity index (χ0) is 34.1. The highest BCUT2D eigenvalue weighted by atomic mass is 19.4. The van der Waals surface area contributed by atoms with Gasteiger partial charge < -0.3 is 33.7 Å². The number of nitrogens with zero attached hydrogens (tertiary/aromatic N) is 1. The first kappa shape index (κ1) is 37.3. The molecule has 0 aliphatic carbocycles. The number of alkyl halides is 9. The van der Waals surface area contributed by atoms with Gasteiger partial charge in [0.15, 0.2) is 6.10 Å². The lowest BCUT2D eigenvalue weighted by atomic mass is 10.1. The van der Waals surface area contributed by atoms with Crippen molar-refractivity contribution in [3.63, 3.8) is 0 Å². The Morgan fingerprint density at radius 3 is 1.84 bits per heavy atom. The molecule has 2 aromatic rings. The van der Waals surface area contributed by atoms with E-state index in [1.165, 1.54) is 55.6 Å². The summed E-state index contributed by atoms with van der Waals surface area (Å²) in [5.74, 6) is -14.8. The second-order valence-corrected chi connectivity index (χ2v) is 9.02. The second-order valence-electron chi connectivity index (χ2n) is 9.02. The quantitative estimate of drug-likeness (QED) is 0.204. The number of carboxylic acids is 1. The molecule has 18 heteroatoms. The van der Waals surface area contributed by atoms with Crippen molar-refractivity contribution in [2.24, 2.45) is 0 Å². The van der Waals surface area contributed by atoms with Gasteiger partial charge >= 0.3 is 36.2 Å². The molecule has 0 aliphatic heterocycles. The van der Waals surface area contributed by atoms with Gasteiger partial charge in [0, 0.05) is 19.6 Å². The second kappa shape index (κ2) is 15.4. The Kier molecular flexibility index (Phi) is 12.7. The molecule has 1 atom stereocenters. The molecule has 1 amide bonds. The Balaban J connectivity index is 2.10. The minimum absolute atomic E-state index is 0.0347. The van der Waals surface area contributed by atoms with Crippen molar-refractivity contribution in [1.82, 2.24) is 4.90 Å². The smallest absolute Gasteiger partial charge is 0.460 e. The number of benzene rings is 2. The van der Waals surface area contributed by atoms with Crippen LogP contribution in [0, 0.1) is 0 Å². The standard InChI is InChI=1S/C27H28F9NO8/c1-3-42-21(22(38)39)16-17-4-6-19(7-5-17)43-14-12-37(23(40)45-20-10-8-18(41-2)9-11-20)13-15-44-27(35,36)25(30,31)24(28,29)26(32,33)34/h4-11,21H,3,12-16H2,1-2H3,(H,38,39). The molecule has 9 nitrogen and oxygen atoms in total. The number of rotatable bonds is 17. The molecular formula is C27H28F9NO8. The maximum Gasteiger partial charge on any atom is 0.460 e. The van der Waals surface area contributed by atoms with E-state index < -0.39 is 62.0 Å². The van der Waals surface area contributed by atoms with E-state index in [0.29, 0.717) is 16.2 Å². The van der Waals surface area contributed by atoms with Crippen LogP contribution in [0.15, 0.2) is 48.5 Å². The minimum atomic E-state index is -7.14. The van der Waals surface area contributed by atoms with Crippen molar-refractivity contribution in [1.29, 1.82) is 0 Å². The van der Waals surface area contributed by atoms with Gasteiger partial charge in [-0.05, 0) is 48.9 Å². The van der Waals surface area contributed by atoms with Crippen molar-refractivity contribution in [3.05, 3.63) is 54.1 Å². The molecule has 0 aromatic heterocycles. The van der Waals surface area contributed by atoms with E-state index in [1.54, 1.807) is 6.92 Å². The highest BCUT2D eigenvalue weighted by Gasteiger charge is 2.82. The number of carbonyl (C=O) groups is 2. The number of aliphatic carboxylic acids is 1. The molecule has 0 fully saturated rings. The molecule has 1 N–H and O–H groups in total. The van der Waals surface area contributed by atoms with E-state index in [2.05, 4.69) is 4.74 Å². The Labute approximate surface area is 250 Å². The van der Waals surface area contributed by atoms with Crippen molar-refractivity contribution in [2.75, 3.05) is 40.0 Å². The Morgan fingerprint density at radius 1 is 0.800 bits per heavy atom. The molecule has 0 spiro atoms. The van der Waals surface area contributed by atoms with Gasteiger partial charge in [0.25, 0.3) is 0 Å². The summed E-state index contributed by atoms with van der Waals surface area (Å²) in [7, 11) is 1.35. The summed E-state index contributed by atoms with van der Waals surface area (Å²) in [6.45, 7) is -1.73. The number of carbonyl (C=O) groups excluding carboxylic acids is 1. The van der Waals surface area contributed by atoms with Gasteiger partial charge in [0.05, 0.1) is 20.3 Å². The topological polar surface area (TPSA) is 104 Å². The minimum Gasteiger partial charge on any atom is -0.497 e. The van der Waals surface area contributed by atoms with E-state index in [0.717, 1.165) is 0 Å². The molecule has 0 heterocycles. The lowest BCUT2D eigenvalue weighted by Crippen LogP contribution is -2.62. The summed E-state index contributed by atoms with van der Waals surface area (Å²) in [5.41, 5.74) is 0.568. The molecule has 0 radical (unpaired) electrons. The largest absolute Gasteiger partial charge is 0.497 e. The molecule has 0 saturated carbocycles. The zero-order valence-electron chi connectivity index (χ0n) is 23.6. The summed E-state index contributed by atoms with van der Waals surface area (Å²) in [6, 6.07) is 11.2. The van der Waals surface area contributed by atoms with Crippen LogP contribution >= 0.6 is 0 Å². The summed E-state index contributed by atoms with van der Waals surface area (Å²) >= 11 is 0. The molecule has 1 unspecified atom stereocenters. The highest BCUT2D eigenvalue weighted by Crippen LogP contribution is 2.53. The number of hydrogen-bond donors (Lipinski definition) is 1. The van der Waals surface area contributed by atoms with Crippen LogP contribution in [0.2, 0.25) is 0 Å². The van der Waals surface area contributed by atoms with Crippen molar-refractivity contribution < 1.29 is 77.9 Å². The number of hydrogen-bond acceptors (Lipinski definition) is 7. The average Bonchev–Trinajstić information content (AvgIpc) is 2.96. The fourth-order valence-corrected chi connectivity index (χ4v) is 3.47. The third kappa shape index (κ3) is 9.78. The van der Waals surface area contributed by atoms with Crippen LogP contribution in [-0.2, 0) is 20.7 Å². The van der Waals surface area contributed by atoms with E-state index in [1.807, 2.05) is 0 Å². The highest BCUT2D eigenvalue weighted by molar-refractivity contribution is 5.72. The predicted octanol–water partition coefficient (Wildman–Crippen LogP) is 6.05. The van der Waals surface area contributed by atoms with Gasteiger partial charge in [0.2, 0.25) is 0 Å². The van der Waals surface area contributed by atoms with Crippen molar-refractivity contribution >= 4 is 12.1 Å². The molecule has 45 heavy (non-hydrogen) atoms. The Morgan fingerprint density at radius 2 is 1.33 bits per heavy atom. The van der Waals surface area contributed by atoms with Gasteiger partial charge in [-0.15, -0.1) is 0 Å². The SMILES string of the molecule is CCOC(Cc1ccc(OCCN(CCOC(F)(F)C(F)(F)C(F)(F)C(F)(F)F)C(=O)Oc2ccc(OC)cc2)cc1)C(=O)O. The van der Waals surface area contributed by atoms with Crippen molar-refractivity contribution in [3.8, 4) is 17.2 Å². The van der Waals surface area contributed by atoms with E-state index in [4.69, 9.17) is 18.9 Å². The molecule has 252 valence electrons. The summed E-state index contributed by atoms with van der Waals surface area (Å²) in [5, 5.41) is 9.20. The number of methoxy groups -OCH3 is 1. The predicted molar refractivity (Wildman–Crippen MR) is 136 cm³/mol. The maximum atomic E-state index is 13.8. The molecule has 2 rings (SSSR count). The maximum absolute atomic E-state index is 13.8. The number of amides is 1. The van der Waals surface area contributed by atoms with Crippen LogP contribution in [0.1, 0.15) is 12.5 Å². The first-order chi connectivity index (χ1) is 20.9.